The van der Waals surface area contributed by atoms with Gasteiger partial charge in [0.1, 0.15) is 6.10 Å². The highest BCUT2D eigenvalue weighted by atomic mass is 16.6. The third kappa shape index (κ3) is 2.17. The highest BCUT2D eigenvalue weighted by Gasteiger charge is 2.42. The summed E-state index contributed by atoms with van der Waals surface area (Å²) in [4.78, 5) is 23.7. The number of carbonyl (C=O) groups is 2. The molecule has 1 amide bonds. The normalized spacial score (nSPS) is 33.6. The Labute approximate surface area is 93.1 Å². The minimum absolute atomic E-state index is 0.0532. The number of nitrogens with zero attached hydrogens (tertiary/aromatic N) is 1. The van der Waals surface area contributed by atoms with Crippen LogP contribution < -0.4 is 0 Å². The molecule has 3 atom stereocenters. The maximum atomic E-state index is 11.4. The van der Waals surface area contributed by atoms with E-state index in [1.807, 2.05) is 0 Å². The third-order valence-electron chi connectivity index (χ3n) is 2.97. The van der Waals surface area contributed by atoms with E-state index in [9.17, 15) is 9.59 Å². The molecule has 16 heavy (non-hydrogen) atoms. The first-order chi connectivity index (χ1) is 7.58. The van der Waals surface area contributed by atoms with Crippen molar-refractivity contribution in [3.8, 4) is 0 Å². The third-order valence-corrected chi connectivity index (χ3v) is 2.97. The minimum Gasteiger partial charge on any atom is -0.481 e. The van der Waals surface area contributed by atoms with E-state index < -0.39 is 12.1 Å². The average Bonchev–Trinajstić information content (AvgIpc) is 2.62. The lowest BCUT2D eigenvalue weighted by Crippen LogP contribution is -2.56. The molecule has 2 aliphatic heterocycles. The summed E-state index contributed by atoms with van der Waals surface area (Å²) < 4.78 is 10.9. The second-order valence-electron chi connectivity index (χ2n) is 4.17. The van der Waals surface area contributed by atoms with Crippen molar-refractivity contribution in [2.75, 3.05) is 19.8 Å². The molecule has 6 nitrogen and oxygen atoms in total. The lowest BCUT2D eigenvalue weighted by atomic mass is 10.1. The topological polar surface area (TPSA) is 76.1 Å². The predicted octanol–water partition coefficient (Wildman–Crippen LogP) is -0.524. The highest BCUT2D eigenvalue weighted by Crippen LogP contribution is 2.25. The zero-order valence-electron chi connectivity index (χ0n) is 9.09. The lowest BCUT2D eigenvalue weighted by Gasteiger charge is -2.39. The molecule has 0 unspecified atom stereocenters. The molecule has 0 aromatic heterocycles. The molecule has 0 aromatic carbocycles. The van der Waals surface area contributed by atoms with Gasteiger partial charge in [0.2, 0.25) is 5.91 Å². The Morgan fingerprint density at radius 3 is 2.81 bits per heavy atom. The van der Waals surface area contributed by atoms with Crippen molar-refractivity contribution in [2.24, 2.45) is 0 Å². The van der Waals surface area contributed by atoms with E-state index in [0.717, 1.165) is 0 Å². The van der Waals surface area contributed by atoms with E-state index in [0.29, 0.717) is 19.8 Å². The van der Waals surface area contributed by atoms with Crippen molar-refractivity contribution in [1.29, 1.82) is 0 Å². The van der Waals surface area contributed by atoms with E-state index in [4.69, 9.17) is 14.6 Å². The lowest BCUT2D eigenvalue weighted by molar-refractivity contribution is -0.157. The second kappa shape index (κ2) is 4.39. The number of carboxylic acid groups (broad SMARTS) is 1. The van der Waals surface area contributed by atoms with Crippen LogP contribution in [0.25, 0.3) is 0 Å². The van der Waals surface area contributed by atoms with Gasteiger partial charge >= 0.3 is 5.97 Å². The first kappa shape index (κ1) is 11.3. The molecule has 6 heteroatoms. The Kier molecular flexibility index (Phi) is 3.11. The van der Waals surface area contributed by atoms with Crippen molar-refractivity contribution < 1.29 is 24.2 Å². The maximum absolute atomic E-state index is 11.4. The Morgan fingerprint density at radius 1 is 1.44 bits per heavy atom. The van der Waals surface area contributed by atoms with Crippen LogP contribution in [0.5, 0.6) is 0 Å². The molecule has 2 fully saturated rings. The fraction of sp³-hybridized carbons (Fsp3) is 0.800. The van der Waals surface area contributed by atoms with Gasteiger partial charge in [0.05, 0.1) is 31.8 Å². The van der Waals surface area contributed by atoms with Crippen LogP contribution in [0.15, 0.2) is 0 Å². The first-order valence-corrected chi connectivity index (χ1v) is 5.30. The van der Waals surface area contributed by atoms with Crippen molar-refractivity contribution in [2.45, 2.75) is 31.6 Å². The first-order valence-electron chi connectivity index (χ1n) is 5.30. The SMILES string of the molecule is CC(=O)N1C[C@@H](CC(=O)O)O[C@H]2COC[C@@H]21. The van der Waals surface area contributed by atoms with Gasteiger partial charge in [-0.1, -0.05) is 0 Å². The predicted molar refractivity (Wildman–Crippen MR) is 52.9 cm³/mol. The monoisotopic (exact) mass is 229 g/mol. The van der Waals surface area contributed by atoms with Crippen LogP contribution in [0.4, 0.5) is 0 Å². The molecule has 90 valence electrons. The molecule has 2 aliphatic rings. The standard InChI is InChI=1S/C10H15NO5/c1-6(12)11-3-7(2-10(13)14)16-9-5-15-4-8(9)11/h7-9H,2-5H2,1H3,(H,13,14)/t7-,8+,9+/m1/s1. The highest BCUT2D eigenvalue weighted by molar-refractivity contribution is 5.74. The van der Waals surface area contributed by atoms with Crippen LogP contribution in [-0.4, -0.2) is 59.9 Å². The fourth-order valence-electron chi connectivity index (χ4n) is 2.26. The molecular formula is C10H15NO5. The van der Waals surface area contributed by atoms with Crippen LogP contribution in [-0.2, 0) is 19.1 Å². The van der Waals surface area contributed by atoms with Gasteiger partial charge in [-0.05, 0) is 0 Å². The quantitative estimate of drug-likeness (QED) is 0.689. The number of carboxylic acids is 1. The number of ether oxygens (including phenoxy) is 2. The van der Waals surface area contributed by atoms with E-state index in [1.165, 1.54) is 6.92 Å². The van der Waals surface area contributed by atoms with Gasteiger partial charge in [0.15, 0.2) is 0 Å². The summed E-state index contributed by atoms with van der Waals surface area (Å²) in [6, 6.07) is -0.0532. The van der Waals surface area contributed by atoms with Gasteiger partial charge in [-0.2, -0.15) is 0 Å². The van der Waals surface area contributed by atoms with E-state index >= 15 is 0 Å². The molecule has 0 aromatic rings. The summed E-state index contributed by atoms with van der Waals surface area (Å²) in [6.45, 7) is 2.74. The number of fused-ring (bicyclic) bond motifs is 1. The second-order valence-corrected chi connectivity index (χ2v) is 4.17. The maximum Gasteiger partial charge on any atom is 0.306 e. The summed E-state index contributed by atoms with van der Waals surface area (Å²) in [5, 5.41) is 8.72. The molecule has 0 bridgehead atoms. The molecule has 0 aliphatic carbocycles. The average molecular weight is 229 g/mol. The van der Waals surface area contributed by atoms with E-state index in [1.54, 1.807) is 4.90 Å². The molecule has 2 rings (SSSR count). The number of aliphatic carboxylic acids is 1. The van der Waals surface area contributed by atoms with E-state index in [2.05, 4.69) is 0 Å². The summed E-state index contributed by atoms with van der Waals surface area (Å²) in [7, 11) is 0. The molecule has 0 spiro atoms. The van der Waals surface area contributed by atoms with Gasteiger partial charge in [-0.15, -0.1) is 0 Å². The number of carbonyl (C=O) groups excluding carboxylic acids is 1. The van der Waals surface area contributed by atoms with Crippen LogP contribution in [0.1, 0.15) is 13.3 Å². The largest absolute Gasteiger partial charge is 0.481 e. The molecule has 2 saturated heterocycles. The van der Waals surface area contributed by atoms with E-state index in [-0.39, 0.29) is 24.5 Å². The Bertz CT molecular complexity index is 306. The van der Waals surface area contributed by atoms with Crippen LogP contribution in [0.2, 0.25) is 0 Å². The summed E-state index contributed by atoms with van der Waals surface area (Å²) >= 11 is 0. The van der Waals surface area contributed by atoms with Gasteiger partial charge in [-0.25, -0.2) is 0 Å². The molecule has 2 heterocycles. The van der Waals surface area contributed by atoms with Crippen LogP contribution in [0, 0.1) is 0 Å². The zero-order valence-corrected chi connectivity index (χ0v) is 9.09. The molecule has 1 N–H and O–H groups in total. The number of hydrogen-bond acceptors (Lipinski definition) is 4. The Balaban J connectivity index is 2.06. The van der Waals surface area contributed by atoms with Crippen molar-refractivity contribution >= 4 is 11.9 Å². The summed E-state index contributed by atoms with van der Waals surface area (Å²) in [5.74, 6) is -0.968. The minimum atomic E-state index is -0.911. The van der Waals surface area contributed by atoms with Crippen molar-refractivity contribution in [3.05, 3.63) is 0 Å². The van der Waals surface area contributed by atoms with Gasteiger partial charge in [0, 0.05) is 13.5 Å². The number of amides is 1. The van der Waals surface area contributed by atoms with Crippen LogP contribution >= 0.6 is 0 Å². The smallest absolute Gasteiger partial charge is 0.306 e. The molecular weight excluding hydrogens is 214 g/mol. The van der Waals surface area contributed by atoms with Gasteiger partial charge in [0.25, 0.3) is 0 Å². The van der Waals surface area contributed by atoms with Crippen molar-refractivity contribution in [3.63, 3.8) is 0 Å². The van der Waals surface area contributed by atoms with Crippen molar-refractivity contribution in [1.82, 2.24) is 4.90 Å². The number of hydrogen-bond donors (Lipinski definition) is 1. The van der Waals surface area contributed by atoms with Gasteiger partial charge < -0.3 is 19.5 Å². The summed E-state index contributed by atoms with van der Waals surface area (Å²) in [6.07, 6.45) is -0.682. The van der Waals surface area contributed by atoms with Gasteiger partial charge in [-0.3, -0.25) is 9.59 Å². The summed E-state index contributed by atoms with van der Waals surface area (Å²) in [5.41, 5.74) is 0. The molecule has 0 saturated carbocycles. The zero-order chi connectivity index (χ0) is 11.7. The molecule has 0 radical (unpaired) electrons. The Hall–Kier alpha value is -1.14. The number of morpholine rings is 1. The Morgan fingerprint density at radius 2 is 2.19 bits per heavy atom. The fourth-order valence-corrected chi connectivity index (χ4v) is 2.26. The number of rotatable bonds is 2. The van der Waals surface area contributed by atoms with Crippen LogP contribution in [0.3, 0.4) is 0 Å².